The predicted octanol–water partition coefficient (Wildman–Crippen LogP) is 1.51. The van der Waals surface area contributed by atoms with Crippen LogP contribution in [-0.4, -0.2) is 62.3 Å². The molecule has 0 saturated carbocycles. The number of pyridine rings is 1. The van der Waals surface area contributed by atoms with E-state index < -0.39 is 0 Å². The van der Waals surface area contributed by atoms with E-state index in [0.717, 1.165) is 38.3 Å². The smallest absolute Gasteiger partial charge is 0.0682 e. The number of piperazine rings is 1. The zero-order valence-electron chi connectivity index (χ0n) is 13.5. The van der Waals surface area contributed by atoms with Crippen LogP contribution in [0.15, 0.2) is 42.9 Å². The van der Waals surface area contributed by atoms with Crippen LogP contribution in [0, 0.1) is 0 Å². The number of fused-ring (bicyclic) bond motifs is 1. The van der Waals surface area contributed by atoms with Gasteiger partial charge in [0.05, 0.1) is 18.0 Å². The van der Waals surface area contributed by atoms with Gasteiger partial charge in [0.15, 0.2) is 0 Å². The summed E-state index contributed by atoms with van der Waals surface area (Å²) in [6, 6.07) is 9.36. The van der Waals surface area contributed by atoms with Crippen LogP contribution in [0.4, 0.5) is 0 Å². The van der Waals surface area contributed by atoms with Gasteiger partial charge in [0.1, 0.15) is 0 Å². The molecular formula is C18H24N4O. The third kappa shape index (κ3) is 2.92. The van der Waals surface area contributed by atoms with Crippen LogP contribution < -0.4 is 0 Å². The van der Waals surface area contributed by atoms with Crippen molar-refractivity contribution in [3.63, 3.8) is 0 Å². The lowest BCUT2D eigenvalue weighted by Gasteiger charge is -2.42. The summed E-state index contributed by atoms with van der Waals surface area (Å²) < 4.78 is 2.22. The van der Waals surface area contributed by atoms with Gasteiger partial charge in [-0.2, -0.15) is 0 Å². The van der Waals surface area contributed by atoms with Crippen LogP contribution in [0.3, 0.4) is 0 Å². The molecule has 2 fully saturated rings. The lowest BCUT2D eigenvalue weighted by atomic mass is 10.1. The van der Waals surface area contributed by atoms with E-state index in [9.17, 15) is 5.11 Å². The highest BCUT2D eigenvalue weighted by Crippen LogP contribution is 2.26. The number of rotatable bonds is 3. The molecule has 2 aliphatic rings. The maximum absolute atomic E-state index is 9.91. The van der Waals surface area contributed by atoms with Gasteiger partial charge < -0.3 is 9.67 Å². The van der Waals surface area contributed by atoms with Gasteiger partial charge in [-0.05, 0) is 37.6 Å². The normalized spacial score (nSPS) is 28.9. The zero-order chi connectivity index (χ0) is 15.8. The molecule has 0 aromatic carbocycles. The van der Waals surface area contributed by atoms with Crippen LogP contribution >= 0.6 is 0 Å². The lowest BCUT2D eigenvalue weighted by Crippen LogP contribution is -2.54. The Balaban J connectivity index is 1.52. The molecule has 0 spiro atoms. The highest BCUT2D eigenvalue weighted by molar-refractivity contribution is 5.32. The Morgan fingerprint density at radius 1 is 1.22 bits per heavy atom. The Morgan fingerprint density at radius 2 is 2.13 bits per heavy atom. The molecule has 3 atom stereocenters. The average Bonchev–Trinajstić information content (AvgIpc) is 3.14. The van der Waals surface area contributed by atoms with Crippen LogP contribution in [0.5, 0.6) is 0 Å². The highest BCUT2D eigenvalue weighted by Gasteiger charge is 2.38. The van der Waals surface area contributed by atoms with Gasteiger partial charge in [-0.15, -0.1) is 0 Å². The molecule has 5 heteroatoms. The maximum Gasteiger partial charge on any atom is 0.0682 e. The number of aliphatic hydroxyl groups is 1. The molecule has 0 unspecified atom stereocenters. The molecule has 122 valence electrons. The number of aromatic nitrogens is 2. The summed E-state index contributed by atoms with van der Waals surface area (Å²) in [4.78, 5) is 9.22. The Labute approximate surface area is 137 Å². The Hall–Kier alpha value is -1.69. The van der Waals surface area contributed by atoms with Crippen molar-refractivity contribution in [2.24, 2.45) is 0 Å². The first-order valence-electron chi connectivity index (χ1n) is 8.43. The molecule has 0 aliphatic carbocycles. The summed E-state index contributed by atoms with van der Waals surface area (Å²) >= 11 is 0. The van der Waals surface area contributed by atoms with E-state index in [1.54, 1.807) is 6.20 Å². The third-order valence-electron chi connectivity index (χ3n) is 5.20. The summed E-state index contributed by atoms with van der Waals surface area (Å²) in [5.41, 5.74) is 2.40. The van der Waals surface area contributed by atoms with E-state index in [-0.39, 0.29) is 6.10 Å². The molecule has 0 amide bonds. The van der Waals surface area contributed by atoms with E-state index in [0.29, 0.717) is 12.1 Å². The molecule has 1 N–H and O–H groups in total. The molecule has 23 heavy (non-hydrogen) atoms. The number of hydrogen-bond donors (Lipinski definition) is 1. The van der Waals surface area contributed by atoms with Gasteiger partial charge in [0.25, 0.3) is 0 Å². The van der Waals surface area contributed by atoms with E-state index in [4.69, 9.17) is 0 Å². The Morgan fingerprint density at radius 3 is 2.96 bits per heavy atom. The van der Waals surface area contributed by atoms with E-state index in [1.165, 1.54) is 5.69 Å². The van der Waals surface area contributed by atoms with Crippen molar-refractivity contribution in [3.8, 4) is 5.69 Å². The summed E-state index contributed by atoms with van der Waals surface area (Å²) in [6.07, 6.45) is 6.57. The third-order valence-corrected chi connectivity index (χ3v) is 5.20. The van der Waals surface area contributed by atoms with Crippen LogP contribution in [0.2, 0.25) is 0 Å². The minimum Gasteiger partial charge on any atom is -0.392 e. The fourth-order valence-electron chi connectivity index (χ4n) is 4.00. The van der Waals surface area contributed by atoms with Crippen molar-refractivity contribution >= 4 is 0 Å². The number of aliphatic hydroxyl groups excluding tert-OH is 1. The fourth-order valence-corrected chi connectivity index (χ4v) is 4.00. The largest absolute Gasteiger partial charge is 0.392 e. The second-order valence-corrected chi connectivity index (χ2v) is 6.86. The Kier molecular flexibility index (Phi) is 3.93. The predicted molar refractivity (Wildman–Crippen MR) is 89.4 cm³/mol. The molecule has 4 rings (SSSR count). The molecule has 2 aliphatic heterocycles. The van der Waals surface area contributed by atoms with Crippen LogP contribution in [0.1, 0.15) is 19.0 Å². The standard InChI is InChI=1S/C18H24N4O/c1-14-10-21-13-18(23)8-17(21)12-20(14)11-16-5-3-7-22(16)15-4-2-6-19-9-15/h2-7,9,14,17-18,23H,8,10-13H2,1H3/t14-,17+,18-/m1/s1. The van der Waals surface area contributed by atoms with E-state index in [1.807, 2.05) is 12.3 Å². The van der Waals surface area contributed by atoms with Crippen molar-refractivity contribution < 1.29 is 5.11 Å². The lowest BCUT2D eigenvalue weighted by molar-refractivity contribution is 0.0517. The summed E-state index contributed by atoms with van der Waals surface area (Å²) in [5, 5.41) is 9.91. The molecule has 4 heterocycles. The summed E-state index contributed by atoms with van der Waals surface area (Å²) in [6.45, 7) is 6.16. The molecule has 0 bridgehead atoms. The minimum absolute atomic E-state index is 0.147. The topological polar surface area (TPSA) is 44.5 Å². The molecular weight excluding hydrogens is 288 g/mol. The highest BCUT2D eigenvalue weighted by atomic mass is 16.3. The quantitative estimate of drug-likeness (QED) is 0.933. The monoisotopic (exact) mass is 312 g/mol. The second kappa shape index (κ2) is 6.07. The van der Waals surface area contributed by atoms with Crippen molar-refractivity contribution in [2.75, 3.05) is 19.6 Å². The first kappa shape index (κ1) is 14.9. The summed E-state index contributed by atoms with van der Waals surface area (Å²) in [5.74, 6) is 0. The van der Waals surface area contributed by atoms with Gasteiger partial charge in [0.2, 0.25) is 0 Å². The van der Waals surface area contributed by atoms with Gasteiger partial charge >= 0.3 is 0 Å². The molecule has 0 radical (unpaired) electrons. The molecule has 5 nitrogen and oxygen atoms in total. The average molecular weight is 312 g/mol. The SMILES string of the molecule is C[C@@H]1CN2C[C@H](O)C[C@H]2CN1Cc1cccn1-c1cccnc1. The van der Waals surface area contributed by atoms with Gasteiger partial charge in [-0.3, -0.25) is 14.8 Å². The molecule has 2 aromatic rings. The molecule has 2 saturated heterocycles. The van der Waals surface area contributed by atoms with Crippen molar-refractivity contribution in [1.82, 2.24) is 19.4 Å². The second-order valence-electron chi connectivity index (χ2n) is 6.86. The Bertz CT molecular complexity index is 656. The molecule has 2 aromatic heterocycles. The maximum atomic E-state index is 9.91. The number of hydrogen-bond acceptors (Lipinski definition) is 4. The first-order chi connectivity index (χ1) is 11.2. The van der Waals surface area contributed by atoms with Crippen LogP contribution in [-0.2, 0) is 6.54 Å². The van der Waals surface area contributed by atoms with Crippen molar-refractivity contribution in [3.05, 3.63) is 48.5 Å². The van der Waals surface area contributed by atoms with Gasteiger partial charge in [0, 0.05) is 56.4 Å². The van der Waals surface area contributed by atoms with Crippen molar-refractivity contribution in [2.45, 2.75) is 38.1 Å². The van der Waals surface area contributed by atoms with Crippen LogP contribution in [0.25, 0.3) is 5.69 Å². The number of nitrogens with zero attached hydrogens (tertiary/aromatic N) is 4. The van der Waals surface area contributed by atoms with E-state index >= 15 is 0 Å². The van der Waals surface area contributed by atoms with Crippen molar-refractivity contribution in [1.29, 1.82) is 0 Å². The summed E-state index contributed by atoms with van der Waals surface area (Å²) in [7, 11) is 0. The zero-order valence-corrected chi connectivity index (χ0v) is 13.5. The fraction of sp³-hybridized carbons (Fsp3) is 0.500. The van der Waals surface area contributed by atoms with E-state index in [2.05, 4.69) is 50.7 Å². The van der Waals surface area contributed by atoms with Gasteiger partial charge in [-0.25, -0.2) is 0 Å². The first-order valence-corrected chi connectivity index (χ1v) is 8.43. The van der Waals surface area contributed by atoms with Gasteiger partial charge in [-0.1, -0.05) is 0 Å². The minimum atomic E-state index is -0.147.